The van der Waals surface area contributed by atoms with Crippen LogP contribution in [0.5, 0.6) is 0 Å². The average molecular weight is 316 g/mol. The van der Waals surface area contributed by atoms with Crippen LogP contribution in [0.4, 0.5) is 0 Å². The molecule has 0 nitrogen and oxygen atoms in total. The Labute approximate surface area is 102 Å². The Kier molecular flexibility index (Phi) is 5.88. The van der Waals surface area contributed by atoms with E-state index in [2.05, 4.69) is 62.2 Å². The van der Waals surface area contributed by atoms with Crippen molar-refractivity contribution in [2.75, 3.05) is 5.33 Å². The van der Waals surface area contributed by atoms with Gasteiger partial charge in [0.2, 0.25) is 0 Å². The largest absolute Gasteiger partial charge is 0.0925 e. The minimum atomic E-state index is 1.00. The van der Waals surface area contributed by atoms with Gasteiger partial charge in [-0.2, -0.15) is 0 Å². The monoisotopic (exact) mass is 314 g/mol. The van der Waals surface area contributed by atoms with Crippen LogP contribution >= 0.6 is 31.9 Å². The highest BCUT2D eigenvalue weighted by Gasteiger charge is 1.85. The minimum Gasteiger partial charge on any atom is -0.0925 e. The summed E-state index contributed by atoms with van der Waals surface area (Å²) in [7, 11) is 0. The van der Waals surface area contributed by atoms with Gasteiger partial charge in [0.25, 0.3) is 0 Å². The zero-order valence-electron chi connectivity index (χ0n) is 7.79. The van der Waals surface area contributed by atoms with Crippen LogP contribution in [-0.2, 0) is 0 Å². The molecule has 14 heavy (non-hydrogen) atoms. The van der Waals surface area contributed by atoms with Crippen LogP contribution < -0.4 is 0 Å². The molecule has 0 atom stereocenters. The van der Waals surface area contributed by atoms with Crippen LogP contribution in [0.2, 0.25) is 0 Å². The molecule has 1 aromatic rings. The highest BCUT2D eigenvalue weighted by atomic mass is 79.9. The molecule has 0 bridgehead atoms. The highest BCUT2D eigenvalue weighted by Crippen LogP contribution is 2.11. The molecule has 0 aliphatic rings. The molecule has 0 aliphatic carbocycles. The van der Waals surface area contributed by atoms with E-state index in [4.69, 9.17) is 0 Å². The molecule has 0 aromatic heterocycles. The van der Waals surface area contributed by atoms with E-state index < -0.39 is 0 Å². The highest BCUT2D eigenvalue weighted by molar-refractivity contribution is 9.11. The summed E-state index contributed by atoms with van der Waals surface area (Å²) in [5.74, 6) is 0. The molecule has 0 heterocycles. The van der Waals surface area contributed by atoms with Crippen molar-refractivity contribution in [3.63, 3.8) is 0 Å². The summed E-state index contributed by atoms with van der Waals surface area (Å²) in [6.07, 6.45) is 7.35. The lowest BCUT2D eigenvalue weighted by atomic mass is 10.2. The average Bonchev–Trinajstić information content (AvgIpc) is 2.25. The van der Waals surface area contributed by atoms with Crippen molar-refractivity contribution in [2.45, 2.75) is 6.42 Å². The van der Waals surface area contributed by atoms with Crippen molar-refractivity contribution in [1.82, 2.24) is 0 Å². The summed E-state index contributed by atoms with van der Waals surface area (Å²) in [5.41, 5.74) is 1.22. The Morgan fingerprint density at radius 3 is 2.57 bits per heavy atom. The van der Waals surface area contributed by atoms with Gasteiger partial charge in [0, 0.05) is 9.81 Å². The van der Waals surface area contributed by atoms with Crippen molar-refractivity contribution >= 4 is 37.9 Å². The quantitative estimate of drug-likeness (QED) is 0.555. The van der Waals surface area contributed by atoms with Gasteiger partial charge in [-0.15, -0.1) is 0 Å². The summed E-state index contributed by atoms with van der Waals surface area (Å²) in [4.78, 5) is 0. The van der Waals surface area contributed by atoms with Crippen LogP contribution in [0.3, 0.4) is 0 Å². The zero-order chi connectivity index (χ0) is 10.2. The molecule has 1 aromatic carbocycles. The van der Waals surface area contributed by atoms with E-state index in [0.717, 1.165) is 16.2 Å². The number of benzene rings is 1. The van der Waals surface area contributed by atoms with Crippen molar-refractivity contribution in [2.24, 2.45) is 0 Å². The van der Waals surface area contributed by atoms with Gasteiger partial charge in [0.1, 0.15) is 0 Å². The van der Waals surface area contributed by atoms with Gasteiger partial charge >= 0.3 is 0 Å². The van der Waals surface area contributed by atoms with Crippen LogP contribution in [-0.4, -0.2) is 5.33 Å². The molecule has 0 aliphatic heterocycles. The first kappa shape index (κ1) is 11.7. The summed E-state index contributed by atoms with van der Waals surface area (Å²) in [5, 5.41) is 1.00. The molecule has 0 saturated heterocycles. The zero-order valence-corrected chi connectivity index (χ0v) is 11.0. The molecule has 0 unspecified atom stereocenters. The van der Waals surface area contributed by atoms with Gasteiger partial charge in [0.05, 0.1) is 0 Å². The van der Waals surface area contributed by atoms with Gasteiger partial charge in [-0.25, -0.2) is 0 Å². The third-order valence-electron chi connectivity index (χ3n) is 1.68. The van der Waals surface area contributed by atoms with E-state index in [1.807, 2.05) is 18.2 Å². The normalized spacial score (nSPS) is 12.3. The summed E-state index contributed by atoms with van der Waals surface area (Å²) >= 11 is 6.87. The topological polar surface area (TPSA) is 0 Å². The molecule has 0 amide bonds. The lowest BCUT2D eigenvalue weighted by Gasteiger charge is -1.91. The second kappa shape index (κ2) is 7.02. The molecule has 0 radical (unpaired) electrons. The SMILES string of the molecule is BrCC/C=C(Br)/C=C/c1ccccc1. The number of halogens is 2. The first-order chi connectivity index (χ1) is 6.83. The van der Waals surface area contributed by atoms with Crippen molar-refractivity contribution < 1.29 is 0 Å². The second-order valence-corrected chi connectivity index (χ2v) is 4.52. The molecule has 0 saturated carbocycles. The molecule has 0 N–H and O–H groups in total. The first-order valence-electron chi connectivity index (χ1n) is 4.47. The van der Waals surface area contributed by atoms with Gasteiger partial charge in [-0.1, -0.05) is 74.3 Å². The summed E-state index contributed by atoms with van der Waals surface area (Å²) in [6, 6.07) is 10.3. The molecule has 0 spiro atoms. The van der Waals surface area contributed by atoms with Crippen LogP contribution in [0.15, 0.2) is 47.0 Å². The fourth-order valence-corrected chi connectivity index (χ4v) is 1.59. The molecule has 74 valence electrons. The summed E-state index contributed by atoms with van der Waals surface area (Å²) < 4.78 is 1.13. The Bertz CT molecular complexity index is 312. The molecule has 2 heteroatoms. The smallest absolute Gasteiger partial charge is 0.0135 e. The predicted octanol–water partition coefficient (Wildman–Crippen LogP) is 4.76. The molecule has 0 fully saturated rings. The van der Waals surface area contributed by atoms with E-state index in [1.165, 1.54) is 5.56 Å². The van der Waals surface area contributed by atoms with Crippen molar-refractivity contribution in [3.8, 4) is 0 Å². The predicted molar refractivity (Wildman–Crippen MR) is 70.9 cm³/mol. The molecular formula is C12H12Br2. The van der Waals surface area contributed by atoms with Crippen LogP contribution in [0.25, 0.3) is 6.08 Å². The van der Waals surface area contributed by atoms with Gasteiger partial charge < -0.3 is 0 Å². The standard InChI is InChI=1S/C12H12Br2/c13-10-4-7-12(14)9-8-11-5-2-1-3-6-11/h1-3,5-9H,4,10H2/b9-8+,12-7-. The number of hydrogen-bond donors (Lipinski definition) is 0. The lowest BCUT2D eigenvalue weighted by Crippen LogP contribution is -1.71. The first-order valence-corrected chi connectivity index (χ1v) is 6.39. The number of alkyl halides is 1. The Hall–Kier alpha value is -0.340. The van der Waals surface area contributed by atoms with Crippen LogP contribution in [0, 0.1) is 0 Å². The Morgan fingerprint density at radius 2 is 1.93 bits per heavy atom. The van der Waals surface area contributed by atoms with Gasteiger partial charge in [-0.3, -0.25) is 0 Å². The molecule has 1 rings (SSSR count). The van der Waals surface area contributed by atoms with Gasteiger partial charge in [-0.05, 0) is 18.1 Å². The van der Waals surface area contributed by atoms with E-state index in [-0.39, 0.29) is 0 Å². The van der Waals surface area contributed by atoms with Crippen molar-refractivity contribution in [1.29, 1.82) is 0 Å². The number of allylic oxidation sites excluding steroid dienone is 3. The van der Waals surface area contributed by atoms with Gasteiger partial charge in [0.15, 0.2) is 0 Å². The second-order valence-electron chi connectivity index (χ2n) is 2.81. The maximum Gasteiger partial charge on any atom is 0.0135 e. The fourth-order valence-electron chi connectivity index (χ4n) is 1.00. The van der Waals surface area contributed by atoms with E-state index in [1.54, 1.807) is 0 Å². The third-order valence-corrected chi connectivity index (χ3v) is 2.73. The minimum absolute atomic E-state index is 1.00. The maximum atomic E-state index is 3.49. The number of rotatable bonds is 4. The number of hydrogen-bond acceptors (Lipinski definition) is 0. The van der Waals surface area contributed by atoms with Crippen molar-refractivity contribution in [3.05, 3.63) is 52.5 Å². The lowest BCUT2D eigenvalue weighted by molar-refractivity contribution is 1.26. The third kappa shape index (κ3) is 4.77. The van der Waals surface area contributed by atoms with Crippen LogP contribution in [0.1, 0.15) is 12.0 Å². The van der Waals surface area contributed by atoms with E-state index in [0.29, 0.717) is 0 Å². The Balaban J connectivity index is 2.56. The van der Waals surface area contributed by atoms with E-state index >= 15 is 0 Å². The summed E-state index contributed by atoms with van der Waals surface area (Å²) in [6.45, 7) is 0. The molecular weight excluding hydrogens is 304 g/mol. The maximum absolute atomic E-state index is 3.49. The van der Waals surface area contributed by atoms with E-state index in [9.17, 15) is 0 Å². The Morgan fingerprint density at radius 1 is 1.21 bits per heavy atom. The fraction of sp³-hybridized carbons (Fsp3) is 0.167.